The minimum atomic E-state index is 0.454. The predicted octanol–water partition coefficient (Wildman–Crippen LogP) is 5.82. The highest BCUT2D eigenvalue weighted by molar-refractivity contribution is 8.00. The van der Waals surface area contributed by atoms with Crippen LogP contribution in [0.2, 0.25) is 5.02 Å². The van der Waals surface area contributed by atoms with Crippen LogP contribution in [0.1, 0.15) is 5.56 Å². The first kappa shape index (κ1) is 16.3. The van der Waals surface area contributed by atoms with Crippen LogP contribution in [0, 0.1) is 0 Å². The van der Waals surface area contributed by atoms with Crippen LogP contribution in [-0.4, -0.2) is 15.0 Å². The quantitative estimate of drug-likeness (QED) is 0.405. The zero-order valence-electron chi connectivity index (χ0n) is 12.9. The molecular formula is C18H12ClN3OS2. The molecule has 7 heteroatoms. The summed E-state index contributed by atoms with van der Waals surface area (Å²) in [5, 5.41) is 0.661. The molecule has 0 N–H and O–H groups in total. The lowest BCUT2D eigenvalue weighted by atomic mass is 10.2. The van der Waals surface area contributed by atoms with Crippen molar-refractivity contribution < 1.29 is 4.74 Å². The van der Waals surface area contributed by atoms with E-state index in [4.69, 9.17) is 16.3 Å². The Hall–Kier alpha value is -2.15. The van der Waals surface area contributed by atoms with Gasteiger partial charge in [-0.05, 0) is 29.8 Å². The molecule has 4 aromatic rings. The van der Waals surface area contributed by atoms with Crippen LogP contribution in [0.5, 0.6) is 11.6 Å². The van der Waals surface area contributed by atoms with Gasteiger partial charge in [-0.25, -0.2) is 9.97 Å². The summed E-state index contributed by atoms with van der Waals surface area (Å²) in [6.07, 6.45) is 1.50. The number of thioether (sulfide) groups is 1. The van der Waals surface area contributed by atoms with E-state index in [1.165, 1.54) is 11.9 Å². The maximum Gasteiger partial charge on any atom is 0.250 e. The first-order valence-electron chi connectivity index (χ1n) is 7.49. The summed E-state index contributed by atoms with van der Waals surface area (Å²) in [7, 11) is 0. The number of thiazole rings is 1. The normalized spacial score (nSPS) is 10.9. The minimum Gasteiger partial charge on any atom is -0.437 e. The third-order valence-electron chi connectivity index (χ3n) is 3.38. The van der Waals surface area contributed by atoms with E-state index in [0.29, 0.717) is 22.2 Å². The summed E-state index contributed by atoms with van der Waals surface area (Å²) in [6, 6.07) is 17.5. The summed E-state index contributed by atoms with van der Waals surface area (Å²) in [4.78, 5) is 14.0. The number of hydrogen-bond donors (Lipinski definition) is 0. The van der Waals surface area contributed by atoms with E-state index >= 15 is 0 Å². The van der Waals surface area contributed by atoms with Crippen molar-refractivity contribution in [2.45, 2.75) is 10.1 Å². The Kier molecular flexibility index (Phi) is 4.83. The summed E-state index contributed by atoms with van der Waals surface area (Å²) in [6.45, 7) is 0. The summed E-state index contributed by atoms with van der Waals surface area (Å²) in [5.74, 6) is 1.98. The van der Waals surface area contributed by atoms with Crippen molar-refractivity contribution in [2.24, 2.45) is 0 Å². The molecule has 0 bridgehead atoms. The SMILES string of the molecule is Clc1ccc(Oc2ncnc3sc(SCc4ccccc4)nc23)cc1. The molecule has 0 fully saturated rings. The molecule has 0 radical (unpaired) electrons. The zero-order valence-corrected chi connectivity index (χ0v) is 15.3. The number of hydrogen-bond acceptors (Lipinski definition) is 6. The van der Waals surface area contributed by atoms with E-state index in [9.17, 15) is 0 Å². The van der Waals surface area contributed by atoms with Gasteiger partial charge in [-0.15, -0.1) is 0 Å². The van der Waals surface area contributed by atoms with Crippen molar-refractivity contribution >= 4 is 45.0 Å². The van der Waals surface area contributed by atoms with Gasteiger partial charge in [-0.1, -0.05) is 65.0 Å². The molecule has 0 aliphatic rings. The number of halogens is 1. The Morgan fingerprint density at radius 1 is 1.00 bits per heavy atom. The molecule has 124 valence electrons. The number of rotatable bonds is 5. The molecule has 0 unspecified atom stereocenters. The monoisotopic (exact) mass is 385 g/mol. The molecule has 2 aromatic heterocycles. The molecular weight excluding hydrogens is 374 g/mol. The molecule has 2 aromatic carbocycles. The molecule has 25 heavy (non-hydrogen) atoms. The van der Waals surface area contributed by atoms with Crippen LogP contribution in [0.25, 0.3) is 10.3 Å². The number of benzene rings is 2. The second-order valence-corrected chi connectivity index (χ2v) is 7.78. The van der Waals surface area contributed by atoms with Gasteiger partial charge >= 0.3 is 0 Å². The van der Waals surface area contributed by atoms with Crippen LogP contribution < -0.4 is 4.74 Å². The fraction of sp³-hybridized carbons (Fsp3) is 0.0556. The number of nitrogens with zero attached hydrogens (tertiary/aromatic N) is 3. The highest BCUT2D eigenvalue weighted by atomic mass is 35.5. The van der Waals surface area contributed by atoms with Crippen LogP contribution in [0.15, 0.2) is 65.3 Å². The lowest BCUT2D eigenvalue weighted by Gasteiger charge is -2.04. The molecule has 0 aliphatic heterocycles. The average molecular weight is 386 g/mol. The van der Waals surface area contributed by atoms with Gasteiger partial charge in [0.05, 0.1) is 0 Å². The summed E-state index contributed by atoms with van der Waals surface area (Å²) < 4.78 is 6.79. The van der Waals surface area contributed by atoms with Gasteiger partial charge in [0.15, 0.2) is 14.7 Å². The molecule has 4 rings (SSSR count). The van der Waals surface area contributed by atoms with Crippen molar-refractivity contribution in [3.05, 3.63) is 71.5 Å². The van der Waals surface area contributed by atoms with E-state index < -0.39 is 0 Å². The van der Waals surface area contributed by atoms with Crippen LogP contribution in [0.4, 0.5) is 0 Å². The molecule has 4 nitrogen and oxygen atoms in total. The maximum absolute atomic E-state index is 5.90. The van der Waals surface area contributed by atoms with Crippen LogP contribution in [0.3, 0.4) is 0 Å². The van der Waals surface area contributed by atoms with Crippen LogP contribution >= 0.6 is 34.7 Å². The van der Waals surface area contributed by atoms with E-state index in [2.05, 4.69) is 27.1 Å². The van der Waals surface area contributed by atoms with E-state index in [0.717, 1.165) is 14.9 Å². The topological polar surface area (TPSA) is 47.9 Å². The van der Waals surface area contributed by atoms with Crippen molar-refractivity contribution in [1.82, 2.24) is 15.0 Å². The molecule has 0 saturated heterocycles. The van der Waals surface area contributed by atoms with Gasteiger partial charge in [-0.2, -0.15) is 4.98 Å². The molecule has 0 spiro atoms. The minimum absolute atomic E-state index is 0.454. The van der Waals surface area contributed by atoms with Crippen molar-refractivity contribution in [3.8, 4) is 11.6 Å². The van der Waals surface area contributed by atoms with Gasteiger partial charge < -0.3 is 4.74 Å². The van der Waals surface area contributed by atoms with Gasteiger partial charge in [-0.3, -0.25) is 0 Å². The lowest BCUT2D eigenvalue weighted by Crippen LogP contribution is -1.90. The molecule has 0 saturated carbocycles. The van der Waals surface area contributed by atoms with Gasteiger partial charge in [0.2, 0.25) is 5.88 Å². The summed E-state index contributed by atoms with van der Waals surface area (Å²) >= 11 is 9.13. The van der Waals surface area contributed by atoms with Gasteiger partial charge in [0.25, 0.3) is 0 Å². The number of aromatic nitrogens is 3. The maximum atomic E-state index is 5.90. The largest absolute Gasteiger partial charge is 0.437 e. The Morgan fingerprint density at radius 2 is 1.80 bits per heavy atom. The average Bonchev–Trinajstić information content (AvgIpc) is 3.07. The fourth-order valence-corrected chi connectivity index (χ4v) is 4.23. The van der Waals surface area contributed by atoms with E-state index in [-0.39, 0.29) is 0 Å². The molecule has 0 amide bonds. The highest BCUT2D eigenvalue weighted by Crippen LogP contribution is 2.34. The van der Waals surface area contributed by atoms with Crippen LogP contribution in [-0.2, 0) is 5.75 Å². The number of fused-ring (bicyclic) bond motifs is 1. The zero-order chi connectivity index (χ0) is 17.1. The predicted molar refractivity (Wildman–Crippen MR) is 103 cm³/mol. The van der Waals surface area contributed by atoms with E-state index in [1.54, 1.807) is 47.4 Å². The Morgan fingerprint density at radius 3 is 2.60 bits per heavy atom. The third kappa shape index (κ3) is 3.92. The molecule has 2 heterocycles. The first-order chi connectivity index (χ1) is 12.3. The van der Waals surface area contributed by atoms with Crippen molar-refractivity contribution in [2.75, 3.05) is 0 Å². The van der Waals surface area contributed by atoms with Gasteiger partial charge in [0.1, 0.15) is 12.1 Å². The highest BCUT2D eigenvalue weighted by Gasteiger charge is 2.13. The van der Waals surface area contributed by atoms with E-state index in [1.807, 2.05) is 18.2 Å². The first-order valence-corrected chi connectivity index (χ1v) is 9.67. The Labute approximate surface area is 157 Å². The smallest absolute Gasteiger partial charge is 0.250 e. The fourth-order valence-electron chi connectivity index (χ4n) is 2.18. The van der Waals surface area contributed by atoms with Crippen molar-refractivity contribution in [3.63, 3.8) is 0 Å². The second-order valence-electron chi connectivity index (χ2n) is 5.14. The lowest BCUT2D eigenvalue weighted by molar-refractivity contribution is 0.467. The van der Waals surface area contributed by atoms with Gasteiger partial charge in [0, 0.05) is 10.8 Å². The summed E-state index contributed by atoms with van der Waals surface area (Å²) in [5.41, 5.74) is 1.94. The second kappa shape index (κ2) is 7.39. The Bertz CT molecular complexity index is 990. The third-order valence-corrected chi connectivity index (χ3v) is 5.80. The standard InChI is InChI=1S/C18H12ClN3OS2/c19-13-6-8-14(9-7-13)23-16-15-17(21-11-20-16)25-18(22-15)24-10-12-4-2-1-3-5-12/h1-9,11H,10H2. The molecule has 0 atom stereocenters. The molecule has 0 aliphatic carbocycles. The Balaban J connectivity index is 1.56. The van der Waals surface area contributed by atoms with Crippen molar-refractivity contribution in [1.29, 1.82) is 0 Å². The number of ether oxygens (including phenoxy) is 1.